The molecule has 0 atom stereocenters. The maximum Gasteiger partial charge on any atom is 0.255 e. The van der Waals surface area contributed by atoms with Gasteiger partial charge in [-0.2, -0.15) is 0 Å². The molecular formula is C16H17BrN2O2. The summed E-state index contributed by atoms with van der Waals surface area (Å²) in [5.41, 5.74) is 2.86. The van der Waals surface area contributed by atoms with Gasteiger partial charge in [-0.25, -0.2) is 0 Å². The first-order valence-electron chi connectivity index (χ1n) is 6.60. The second-order valence-corrected chi connectivity index (χ2v) is 5.83. The third-order valence-corrected chi connectivity index (χ3v) is 4.18. The number of aryl methyl sites for hydroxylation is 2. The number of nitrogens with one attached hydrogen (secondary N) is 1. The number of nitrogens with zero attached hydrogens (tertiary/aromatic N) is 1. The van der Waals surface area contributed by atoms with Gasteiger partial charge in [0.15, 0.2) is 0 Å². The first-order valence-corrected chi connectivity index (χ1v) is 7.40. The Labute approximate surface area is 131 Å². The molecule has 0 fully saturated rings. The van der Waals surface area contributed by atoms with Gasteiger partial charge in [0.05, 0.1) is 5.56 Å². The fraction of sp³-hybridized carbons (Fsp3) is 0.250. The van der Waals surface area contributed by atoms with E-state index in [1.165, 1.54) is 0 Å². The number of halogens is 1. The Hall–Kier alpha value is -1.88. The summed E-state index contributed by atoms with van der Waals surface area (Å²) < 4.78 is 2.32. The Kier molecular flexibility index (Phi) is 4.63. The van der Waals surface area contributed by atoms with Crippen LogP contribution >= 0.6 is 15.9 Å². The highest BCUT2D eigenvalue weighted by Crippen LogP contribution is 2.19. The molecule has 1 N–H and O–H groups in total. The molecule has 1 heterocycles. The summed E-state index contributed by atoms with van der Waals surface area (Å²) in [5, 5.41) is 2.80. The highest BCUT2D eigenvalue weighted by molar-refractivity contribution is 9.10. The van der Waals surface area contributed by atoms with Crippen LogP contribution in [0.4, 0.5) is 0 Å². The van der Waals surface area contributed by atoms with Crippen molar-refractivity contribution in [3.63, 3.8) is 0 Å². The van der Waals surface area contributed by atoms with Gasteiger partial charge in [-0.15, -0.1) is 0 Å². The molecule has 0 spiro atoms. The van der Waals surface area contributed by atoms with E-state index in [2.05, 4.69) is 21.2 Å². The maximum absolute atomic E-state index is 12.3. The smallest absolute Gasteiger partial charge is 0.255 e. The topological polar surface area (TPSA) is 51.1 Å². The third kappa shape index (κ3) is 3.24. The van der Waals surface area contributed by atoms with E-state index in [1.54, 1.807) is 17.7 Å². The molecule has 0 saturated heterocycles. The van der Waals surface area contributed by atoms with Gasteiger partial charge < -0.3 is 9.88 Å². The predicted molar refractivity (Wildman–Crippen MR) is 86.5 cm³/mol. The van der Waals surface area contributed by atoms with Crippen LogP contribution in [0.15, 0.2) is 39.6 Å². The van der Waals surface area contributed by atoms with Gasteiger partial charge in [0.2, 0.25) is 0 Å². The van der Waals surface area contributed by atoms with Crippen LogP contribution in [0.5, 0.6) is 0 Å². The first-order chi connectivity index (χ1) is 9.91. The summed E-state index contributed by atoms with van der Waals surface area (Å²) in [6, 6.07) is 9.21. The minimum Gasteiger partial charge on any atom is -0.348 e. The van der Waals surface area contributed by atoms with Crippen molar-refractivity contribution in [2.24, 2.45) is 7.05 Å². The SMILES string of the molecule is Cc1cccc(Br)c1C(=O)NCc1ccc(C)n(C)c1=O. The Balaban J connectivity index is 2.19. The summed E-state index contributed by atoms with van der Waals surface area (Å²) in [7, 11) is 1.72. The quantitative estimate of drug-likeness (QED) is 0.926. The van der Waals surface area contributed by atoms with Gasteiger partial charge in [-0.3, -0.25) is 9.59 Å². The molecule has 0 bridgehead atoms. The van der Waals surface area contributed by atoms with Crippen LogP contribution in [-0.2, 0) is 13.6 Å². The van der Waals surface area contributed by atoms with Gasteiger partial charge in [0.25, 0.3) is 11.5 Å². The lowest BCUT2D eigenvalue weighted by Gasteiger charge is -2.10. The number of hydrogen-bond donors (Lipinski definition) is 1. The molecule has 0 aliphatic carbocycles. The maximum atomic E-state index is 12.3. The largest absolute Gasteiger partial charge is 0.348 e. The Morgan fingerprint density at radius 1 is 1.24 bits per heavy atom. The molecule has 0 aliphatic rings. The zero-order chi connectivity index (χ0) is 15.6. The van der Waals surface area contributed by atoms with Crippen molar-refractivity contribution in [1.29, 1.82) is 0 Å². The Morgan fingerprint density at radius 3 is 2.62 bits per heavy atom. The van der Waals surface area contributed by atoms with Gasteiger partial charge >= 0.3 is 0 Å². The Morgan fingerprint density at radius 2 is 1.95 bits per heavy atom. The molecule has 2 rings (SSSR count). The minimum absolute atomic E-state index is 0.0841. The number of aromatic nitrogens is 1. The molecule has 110 valence electrons. The van der Waals surface area contributed by atoms with E-state index < -0.39 is 0 Å². The fourth-order valence-electron chi connectivity index (χ4n) is 2.10. The van der Waals surface area contributed by atoms with Crippen molar-refractivity contribution in [2.75, 3.05) is 0 Å². The van der Waals surface area contributed by atoms with Crippen LogP contribution < -0.4 is 10.9 Å². The summed E-state index contributed by atoms with van der Waals surface area (Å²) in [4.78, 5) is 24.3. The van der Waals surface area contributed by atoms with Crippen LogP contribution in [-0.4, -0.2) is 10.5 Å². The summed E-state index contributed by atoms with van der Waals surface area (Å²) in [6.45, 7) is 3.96. The number of carbonyl (C=O) groups is 1. The number of benzene rings is 1. The molecule has 21 heavy (non-hydrogen) atoms. The summed E-state index contributed by atoms with van der Waals surface area (Å²) in [6.07, 6.45) is 0. The number of carbonyl (C=O) groups excluding carboxylic acids is 1. The molecule has 0 saturated carbocycles. The van der Waals surface area contributed by atoms with Crippen LogP contribution in [0.3, 0.4) is 0 Å². The summed E-state index contributed by atoms with van der Waals surface area (Å²) >= 11 is 3.38. The zero-order valence-corrected chi connectivity index (χ0v) is 13.8. The molecule has 4 nitrogen and oxygen atoms in total. The fourth-order valence-corrected chi connectivity index (χ4v) is 2.74. The van der Waals surface area contributed by atoms with Crippen LogP contribution in [0.2, 0.25) is 0 Å². The highest BCUT2D eigenvalue weighted by Gasteiger charge is 2.13. The van der Waals surface area contributed by atoms with Crippen molar-refractivity contribution in [2.45, 2.75) is 20.4 Å². The Bertz CT molecular complexity index is 730. The molecule has 5 heteroatoms. The molecule has 2 aromatic rings. The molecule has 1 aromatic carbocycles. The van der Waals surface area contributed by atoms with Crippen molar-refractivity contribution in [1.82, 2.24) is 9.88 Å². The van der Waals surface area contributed by atoms with Crippen LogP contribution in [0.1, 0.15) is 27.2 Å². The highest BCUT2D eigenvalue weighted by atomic mass is 79.9. The average Bonchev–Trinajstić information content (AvgIpc) is 2.44. The minimum atomic E-state index is -0.192. The van der Waals surface area contributed by atoms with E-state index in [-0.39, 0.29) is 18.0 Å². The van der Waals surface area contributed by atoms with Gasteiger partial charge in [0, 0.05) is 29.3 Å². The zero-order valence-electron chi connectivity index (χ0n) is 12.2. The van der Waals surface area contributed by atoms with E-state index in [0.29, 0.717) is 11.1 Å². The number of pyridine rings is 1. The van der Waals surface area contributed by atoms with Gasteiger partial charge in [-0.05, 0) is 47.5 Å². The standard InChI is InChI=1S/C16H17BrN2O2/c1-10-5-4-6-13(17)14(10)15(20)18-9-12-8-7-11(2)19(3)16(12)21/h4-8H,9H2,1-3H3,(H,18,20). The van der Waals surface area contributed by atoms with E-state index in [4.69, 9.17) is 0 Å². The van der Waals surface area contributed by atoms with Crippen molar-refractivity contribution in [3.8, 4) is 0 Å². The van der Waals surface area contributed by atoms with E-state index >= 15 is 0 Å². The number of hydrogen-bond acceptors (Lipinski definition) is 2. The molecule has 1 amide bonds. The van der Waals surface area contributed by atoms with Crippen LogP contribution in [0.25, 0.3) is 0 Å². The summed E-state index contributed by atoms with van der Waals surface area (Å²) in [5.74, 6) is -0.192. The van der Waals surface area contributed by atoms with E-state index in [0.717, 1.165) is 15.7 Å². The molecule has 0 radical (unpaired) electrons. The lowest BCUT2D eigenvalue weighted by molar-refractivity contribution is 0.0949. The molecule has 0 aliphatic heterocycles. The van der Waals surface area contributed by atoms with Gasteiger partial charge in [-0.1, -0.05) is 18.2 Å². The number of amides is 1. The third-order valence-electron chi connectivity index (χ3n) is 3.52. The molecular weight excluding hydrogens is 332 g/mol. The monoisotopic (exact) mass is 348 g/mol. The lowest BCUT2D eigenvalue weighted by atomic mass is 10.1. The second-order valence-electron chi connectivity index (χ2n) is 4.98. The van der Waals surface area contributed by atoms with Gasteiger partial charge in [0.1, 0.15) is 0 Å². The van der Waals surface area contributed by atoms with E-state index in [9.17, 15) is 9.59 Å². The van der Waals surface area contributed by atoms with Crippen molar-refractivity contribution >= 4 is 21.8 Å². The predicted octanol–water partition coefficient (Wildman–Crippen LogP) is 2.69. The van der Waals surface area contributed by atoms with Crippen molar-refractivity contribution < 1.29 is 4.79 Å². The normalized spacial score (nSPS) is 10.5. The molecule has 0 unspecified atom stereocenters. The first kappa shape index (κ1) is 15.5. The average molecular weight is 349 g/mol. The lowest BCUT2D eigenvalue weighted by Crippen LogP contribution is -2.30. The molecule has 1 aromatic heterocycles. The number of rotatable bonds is 3. The second kappa shape index (κ2) is 6.26. The van der Waals surface area contributed by atoms with Crippen LogP contribution in [0, 0.1) is 13.8 Å². The van der Waals surface area contributed by atoms with E-state index in [1.807, 2.05) is 38.1 Å². The van der Waals surface area contributed by atoms with Crippen molar-refractivity contribution in [3.05, 3.63) is 67.5 Å².